The maximum absolute atomic E-state index is 11.0. The van der Waals surface area contributed by atoms with Crippen LogP contribution in [0.2, 0.25) is 0 Å². The minimum atomic E-state index is -0.503. The van der Waals surface area contributed by atoms with Gasteiger partial charge in [0.2, 0.25) is 6.79 Å². The Balaban J connectivity index is 2.28. The number of carbonyl (C=O) groups excluding carboxylic acids is 1. The SMILES string of the molecule is COC(=O)Nc1cc2c(cc1C)OCO2. The number of hydrogen-bond donors (Lipinski definition) is 1. The van der Waals surface area contributed by atoms with Gasteiger partial charge < -0.3 is 14.2 Å². The van der Waals surface area contributed by atoms with Crippen molar-refractivity contribution < 1.29 is 19.0 Å². The summed E-state index contributed by atoms with van der Waals surface area (Å²) in [6.45, 7) is 2.09. The molecular formula is C10H11NO4. The largest absolute Gasteiger partial charge is 0.454 e. The number of rotatable bonds is 1. The van der Waals surface area contributed by atoms with E-state index in [1.807, 2.05) is 13.0 Å². The van der Waals surface area contributed by atoms with Gasteiger partial charge in [-0.05, 0) is 18.6 Å². The van der Waals surface area contributed by atoms with Crippen LogP contribution in [0.25, 0.3) is 0 Å². The Bertz CT molecular complexity index is 403. The van der Waals surface area contributed by atoms with E-state index in [0.717, 1.165) is 5.56 Å². The lowest BCUT2D eigenvalue weighted by molar-refractivity contribution is 0.174. The van der Waals surface area contributed by atoms with Gasteiger partial charge in [0.05, 0.1) is 12.8 Å². The number of aryl methyl sites for hydroxylation is 1. The van der Waals surface area contributed by atoms with Gasteiger partial charge >= 0.3 is 6.09 Å². The van der Waals surface area contributed by atoms with E-state index in [-0.39, 0.29) is 6.79 Å². The Morgan fingerprint density at radius 1 is 1.40 bits per heavy atom. The van der Waals surface area contributed by atoms with Gasteiger partial charge in [0.1, 0.15) is 0 Å². The second-order valence-electron chi connectivity index (χ2n) is 3.14. The number of anilines is 1. The minimum Gasteiger partial charge on any atom is -0.454 e. The summed E-state index contributed by atoms with van der Waals surface area (Å²) in [6.07, 6.45) is -0.503. The maximum Gasteiger partial charge on any atom is 0.411 e. The second kappa shape index (κ2) is 3.68. The maximum atomic E-state index is 11.0. The molecule has 0 atom stereocenters. The van der Waals surface area contributed by atoms with Gasteiger partial charge in [-0.15, -0.1) is 0 Å². The number of ether oxygens (including phenoxy) is 3. The molecular weight excluding hydrogens is 198 g/mol. The third-order valence-corrected chi connectivity index (χ3v) is 2.14. The van der Waals surface area contributed by atoms with Crippen molar-refractivity contribution in [2.45, 2.75) is 6.92 Å². The van der Waals surface area contributed by atoms with Crippen LogP contribution in [0.4, 0.5) is 10.5 Å². The molecule has 0 spiro atoms. The standard InChI is InChI=1S/C10H11NO4/c1-6-3-8-9(15-5-14-8)4-7(6)11-10(12)13-2/h3-4H,5H2,1-2H3,(H,11,12). The fourth-order valence-corrected chi connectivity index (χ4v) is 1.34. The number of hydrogen-bond acceptors (Lipinski definition) is 4. The van der Waals surface area contributed by atoms with Gasteiger partial charge in [-0.25, -0.2) is 4.79 Å². The van der Waals surface area contributed by atoms with Crippen molar-refractivity contribution in [3.8, 4) is 11.5 Å². The number of amides is 1. The zero-order valence-electron chi connectivity index (χ0n) is 8.49. The third-order valence-electron chi connectivity index (χ3n) is 2.14. The van der Waals surface area contributed by atoms with Crippen LogP contribution in [-0.4, -0.2) is 20.0 Å². The highest BCUT2D eigenvalue weighted by molar-refractivity contribution is 5.86. The minimum absolute atomic E-state index is 0.219. The van der Waals surface area contributed by atoms with Crippen LogP contribution in [0.5, 0.6) is 11.5 Å². The molecule has 1 aliphatic heterocycles. The number of fused-ring (bicyclic) bond motifs is 1. The molecule has 0 saturated carbocycles. The molecule has 5 nitrogen and oxygen atoms in total. The predicted molar refractivity (Wildman–Crippen MR) is 53.3 cm³/mol. The monoisotopic (exact) mass is 209 g/mol. The number of benzene rings is 1. The molecule has 0 fully saturated rings. The van der Waals surface area contributed by atoms with Crippen LogP contribution < -0.4 is 14.8 Å². The highest BCUT2D eigenvalue weighted by Gasteiger charge is 2.16. The van der Waals surface area contributed by atoms with Crippen LogP contribution in [0, 0.1) is 6.92 Å². The Labute approximate surface area is 86.9 Å². The highest BCUT2D eigenvalue weighted by Crippen LogP contribution is 2.36. The lowest BCUT2D eigenvalue weighted by Crippen LogP contribution is -2.11. The average molecular weight is 209 g/mol. The first-order valence-corrected chi connectivity index (χ1v) is 4.46. The molecule has 0 unspecified atom stereocenters. The summed E-state index contributed by atoms with van der Waals surface area (Å²) in [4.78, 5) is 11.0. The molecule has 5 heteroatoms. The van der Waals surface area contributed by atoms with Crippen LogP contribution in [0.3, 0.4) is 0 Å². The molecule has 2 rings (SSSR count). The van der Waals surface area contributed by atoms with Crippen molar-refractivity contribution in [2.75, 3.05) is 19.2 Å². The summed E-state index contributed by atoms with van der Waals surface area (Å²) < 4.78 is 14.9. The summed E-state index contributed by atoms with van der Waals surface area (Å²) in [7, 11) is 1.32. The van der Waals surface area contributed by atoms with Gasteiger partial charge in [-0.3, -0.25) is 5.32 Å². The summed E-state index contributed by atoms with van der Waals surface area (Å²) in [5.41, 5.74) is 1.55. The predicted octanol–water partition coefficient (Wildman–Crippen LogP) is 1.90. The van der Waals surface area contributed by atoms with E-state index >= 15 is 0 Å². The van der Waals surface area contributed by atoms with Crippen molar-refractivity contribution in [3.63, 3.8) is 0 Å². The Morgan fingerprint density at radius 2 is 2.07 bits per heavy atom. The summed E-state index contributed by atoms with van der Waals surface area (Å²) in [5.74, 6) is 1.33. The van der Waals surface area contributed by atoms with Crippen molar-refractivity contribution in [1.29, 1.82) is 0 Å². The Morgan fingerprint density at radius 3 is 2.73 bits per heavy atom. The molecule has 1 aromatic carbocycles. The quantitative estimate of drug-likeness (QED) is 0.767. The highest BCUT2D eigenvalue weighted by atomic mass is 16.7. The van der Waals surface area contributed by atoms with Gasteiger partial charge in [0.15, 0.2) is 11.5 Å². The fourth-order valence-electron chi connectivity index (χ4n) is 1.34. The smallest absolute Gasteiger partial charge is 0.411 e. The van der Waals surface area contributed by atoms with Crippen LogP contribution in [0.1, 0.15) is 5.56 Å². The second-order valence-corrected chi connectivity index (χ2v) is 3.14. The van der Waals surface area contributed by atoms with E-state index in [4.69, 9.17) is 9.47 Å². The molecule has 0 aromatic heterocycles. The molecule has 1 aromatic rings. The average Bonchev–Trinajstić information content (AvgIpc) is 2.65. The lowest BCUT2D eigenvalue weighted by Gasteiger charge is -2.08. The van der Waals surface area contributed by atoms with Gasteiger partial charge in [-0.2, -0.15) is 0 Å². The van der Waals surface area contributed by atoms with E-state index in [9.17, 15) is 4.79 Å². The van der Waals surface area contributed by atoms with E-state index < -0.39 is 6.09 Å². The number of carbonyl (C=O) groups is 1. The van der Waals surface area contributed by atoms with E-state index in [0.29, 0.717) is 17.2 Å². The van der Waals surface area contributed by atoms with Crippen LogP contribution >= 0.6 is 0 Å². The zero-order valence-corrected chi connectivity index (χ0v) is 8.49. The molecule has 15 heavy (non-hydrogen) atoms. The molecule has 1 heterocycles. The topological polar surface area (TPSA) is 56.8 Å². The number of nitrogens with one attached hydrogen (secondary N) is 1. The molecule has 1 N–H and O–H groups in total. The van der Waals surface area contributed by atoms with E-state index in [1.54, 1.807) is 6.07 Å². The zero-order chi connectivity index (χ0) is 10.8. The molecule has 1 aliphatic rings. The van der Waals surface area contributed by atoms with Crippen molar-refractivity contribution in [1.82, 2.24) is 0 Å². The first-order chi connectivity index (χ1) is 7.20. The first kappa shape index (κ1) is 9.64. The van der Waals surface area contributed by atoms with E-state index in [2.05, 4.69) is 10.1 Å². The number of methoxy groups -OCH3 is 1. The van der Waals surface area contributed by atoms with Gasteiger partial charge in [0.25, 0.3) is 0 Å². The van der Waals surface area contributed by atoms with Crippen LogP contribution in [-0.2, 0) is 4.74 Å². The fraction of sp³-hybridized carbons (Fsp3) is 0.300. The first-order valence-electron chi connectivity index (χ1n) is 4.46. The van der Waals surface area contributed by atoms with Crippen molar-refractivity contribution in [3.05, 3.63) is 17.7 Å². The van der Waals surface area contributed by atoms with Gasteiger partial charge in [0, 0.05) is 6.07 Å². The molecule has 1 amide bonds. The molecule has 0 radical (unpaired) electrons. The summed E-state index contributed by atoms with van der Waals surface area (Å²) >= 11 is 0. The molecule has 0 aliphatic carbocycles. The van der Waals surface area contributed by atoms with Gasteiger partial charge in [-0.1, -0.05) is 0 Å². The summed E-state index contributed by atoms with van der Waals surface area (Å²) in [5, 5.41) is 2.59. The normalized spacial score (nSPS) is 12.4. The van der Waals surface area contributed by atoms with E-state index in [1.165, 1.54) is 7.11 Å². The Hall–Kier alpha value is -1.91. The summed E-state index contributed by atoms with van der Waals surface area (Å²) in [6, 6.07) is 3.53. The van der Waals surface area contributed by atoms with Crippen molar-refractivity contribution >= 4 is 11.8 Å². The molecule has 80 valence electrons. The van der Waals surface area contributed by atoms with Crippen LogP contribution in [0.15, 0.2) is 12.1 Å². The molecule has 0 saturated heterocycles. The third kappa shape index (κ3) is 1.81. The lowest BCUT2D eigenvalue weighted by atomic mass is 10.2. The molecule has 0 bridgehead atoms. The Kier molecular flexibility index (Phi) is 2.37. The van der Waals surface area contributed by atoms with Crippen molar-refractivity contribution in [2.24, 2.45) is 0 Å².